The number of hydrogen-bond acceptors (Lipinski definition) is 4. The zero-order valence-electron chi connectivity index (χ0n) is 11.0. The van der Waals surface area contributed by atoms with E-state index in [0.29, 0.717) is 17.9 Å². The summed E-state index contributed by atoms with van der Waals surface area (Å²) in [5.74, 6) is -0.462. The number of carbonyl (C=O) groups is 1. The monoisotopic (exact) mass is 291 g/mol. The number of alkyl halides is 1. The number of benzene rings is 1. The number of nitrogens with two attached hydrogens (primary N) is 1. The van der Waals surface area contributed by atoms with Gasteiger partial charge in [-0.05, 0) is 19.9 Å². The van der Waals surface area contributed by atoms with Crippen molar-refractivity contribution in [1.29, 1.82) is 0 Å². The zero-order valence-corrected chi connectivity index (χ0v) is 11.8. The van der Waals surface area contributed by atoms with Gasteiger partial charge >= 0.3 is 5.97 Å². The third-order valence-corrected chi connectivity index (χ3v) is 2.41. The lowest BCUT2D eigenvalue weighted by atomic mass is 10.0. The van der Waals surface area contributed by atoms with Crippen LogP contribution < -0.4 is 10.5 Å². The number of carbonyl (C=O) groups excluding carboxylic acids is 1. The third-order valence-electron chi connectivity index (χ3n) is 2.41. The van der Waals surface area contributed by atoms with Crippen molar-refractivity contribution in [2.24, 2.45) is 5.73 Å². The van der Waals surface area contributed by atoms with Crippen molar-refractivity contribution in [1.82, 2.24) is 0 Å². The van der Waals surface area contributed by atoms with Gasteiger partial charge in [0.1, 0.15) is 5.75 Å². The Morgan fingerprint density at radius 2 is 1.95 bits per heavy atom. The number of rotatable bonds is 6. The van der Waals surface area contributed by atoms with Crippen molar-refractivity contribution in [2.45, 2.75) is 26.1 Å². The lowest BCUT2D eigenvalue weighted by Gasteiger charge is -2.18. The van der Waals surface area contributed by atoms with Crippen LogP contribution in [0.2, 0.25) is 0 Å². The molecule has 0 bridgehead atoms. The molecule has 2 N–H and O–H groups in total. The van der Waals surface area contributed by atoms with Crippen molar-refractivity contribution in [3.63, 3.8) is 0 Å². The van der Waals surface area contributed by atoms with E-state index in [2.05, 4.69) is 4.74 Å². The molecule has 0 aliphatic heterocycles. The van der Waals surface area contributed by atoms with E-state index in [9.17, 15) is 9.18 Å². The molecule has 19 heavy (non-hydrogen) atoms. The normalized spacial score (nSPS) is 13.1. The smallest absolute Gasteiger partial charge is 0.342 e. The number of hydrogen-bond donors (Lipinski definition) is 1. The standard InChI is InChI=1S/C13H18FNO3.ClH/c1-3-17-10-8-6-5-7-9(10)12(15)11(14)13(16)18-4-2;/h5-8,11-12H,3-4,15H2,1-2H3;1H/t11?,12-;/m1./s1. The topological polar surface area (TPSA) is 61.5 Å². The van der Waals surface area contributed by atoms with Crippen molar-refractivity contribution in [2.75, 3.05) is 13.2 Å². The van der Waals surface area contributed by atoms with Gasteiger partial charge in [-0.3, -0.25) is 0 Å². The fraction of sp³-hybridized carbons (Fsp3) is 0.462. The minimum atomic E-state index is -1.90. The van der Waals surface area contributed by atoms with Crippen LogP contribution in [0.15, 0.2) is 24.3 Å². The Hall–Kier alpha value is -1.33. The van der Waals surface area contributed by atoms with Crippen molar-refractivity contribution in [3.8, 4) is 5.75 Å². The van der Waals surface area contributed by atoms with Gasteiger partial charge in [-0.25, -0.2) is 9.18 Å². The highest BCUT2D eigenvalue weighted by Crippen LogP contribution is 2.27. The van der Waals surface area contributed by atoms with Crippen molar-refractivity contribution < 1.29 is 18.7 Å². The predicted molar refractivity (Wildman–Crippen MR) is 73.3 cm³/mol. The summed E-state index contributed by atoms with van der Waals surface area (Å²) < 4.78 is 23.8. The molecule has 0 radical (unpaired) electrons. The molecule has 1 aromatic carbocycles. The summed E-state index contributed by atoms with van der Waals surface area (Å²) in [6, 6.07) is 5.72. The Labute approximate surface area is 118 Å². The fourth-order valence-electron chi connectivity index (χ4n) is 1.57. The number of para-hydroxylation sites is 1. The van der Waals surface area contributed by atoms with Gasteiger partial charge in [0.25, 0.3) is 0 Å². The van der Waals surface area contributed by atoms with E-state index in [1.807, 2.05) is 6.92 Å². The lowest BCUT2D eigenvalue weighted by Crippen LogP contribution is -2.31. The van der Waals surface area contributed by atoms with E-state index in [1.165, 1.54) is 0 Å². The van der Waals surface area contributed by atoms with Crippen molar-refractivity contribution in [3.05, 3.63) is 29.8 Å². The maximum atomic E-state index is 13.8. The molecule has 0 aromatic heterocycles. The minimum Gasteiger partial charge on any atom is -0.494 e. The number of esters is 1. The highest BCUT2D eigenvalue weighted by Gasteiger charge is 2.29. The molecular formula is C13H19ClFNO3. The second-order valence-corrected chi connectivity index (χ2v) is 3.65. The Bertz CT molecular complexity index is 403. The first-order valence-electron chi connectivity index (χ1n) is 5.89. The second kappa shape index (κ2) is 8.72. The fourth-order valence-corrected chi connectivity index (χ4v) is 1.57. The zero-order chi connectivity index (χ0) is 13.5. The predicted octanol–water partition coefficient (Wildman–Crippen LogP) is 2.41. The summed E-state index contributed by atoms with van der Waals surface area (Å²) in [4.78, 5) is 11.3. The molecule has 0 fully saturated rings. The van der Waals surface area contributed by atoms with Gasteiger partial charge in [0, 0.05) is 5.56 Å². The highest BCUT2D eigenvalue weighted by molar-refractivity contribution is 5.85. The van der Waals surface area contributed by atoms with E-state index >= 15 is 0 Å². The SMILES string of the molecule is CCOC(=O)C(F)[C@H](N)c1ccccc1OCC.Cl. The summed E-state index contributed by atoms with van der Waals surface area (Å²) in [5, 5.41) is 0. The first kappa shape index (κ1) is 17.7. The van der Waals surface area contributed by atoms with E-state index in [4.69, 9.17) is 10.5 Å². The summed E-state index contributed by atoms with van der Waals surface area (Å²) in [6.07, 6.45) is -1.90. The molecule has 0 aliphatic carbocycles. The van der Waals surface area contributed by atoms with Crippen LogP contribution in [0.1, 0.15) is 25.5 Å². The first-order valence-corrected chi connectivity index (χ1v) is 5.89. The quantitative estimate of drug-likeness (QED) is 0.818. The first-order chi connectivity index (χ1) is 8.61. The van der Waals surface area contributed by atoms with Gasteiger partial charge in [-0.15, -0.1) is 12.4 Å². The van der Waals surface area contributed by atoms with Crippen LogP contribution in [0.3, 0.4) is 0 Å². The highest BCUT2D eigenvalue weighted by atomic mass is 35.5. The average molecular weight is 292 g/mol. The molecule has 2 atom stereocenters. The molecule has 1 unspecified atom stereocenters. The molecule has 0 saturated carbocycles. The Balaban J connectivity index is 0.00000324. The van der Waals surface area contributed by atoms with Gasteiger partial charge < -0.3 is 15.2 Å². The Morgan fingerprint density at radius 3 is 2.53 bits per heavy atom. The van der Waals surface area contributed by atoms with E-state index in [0.717, 1.165) is 0 Å². The molecule has 6 heteroatoms. The molecule has 1 rings (SSSR count). The molecule has 0 aliphatic rings. The maximum Gasteiger partial charge on any atom is 0.342 e. The van der Waals surface area contributed by atoms with E-state index < -0.39 is 18.2 Å². The summed E-state index contributed by atoms with van der Waals surface area (Å²) >= 11 is 0. The van der Waals surface area contributed by atoms with Crippen LogP contribution in [0.25, 0.3) is 0 Å². The van der Waals surface area contributed by atoms with Crippen molar-refractivity contribution >= 4 is 18.4 Å². The summed E-state index contributed by atoms with van der Waals surface area (Å²) in [6.45, 7) is 4.00. The molecule has 0 spiro atoms. The third kappa shape index (κ3) is 4.69. The summed E-state index contributed by atoms with van der Waals surface area (Å²) in [5.41, 5.74) is 6.20. The lowest BCUT2D eigenvalue weighted by molar-refractivity contribution is -0.149. The maximum absolute atomic E-state index is 13.8. The summed E-state index contributed by atoms with van der Waals surface area (Å²) in [7, 11) is 0. The van der Waals surface area contributed by atoms with Crippen LogP contribution >= 0.6 is 12.4 Å². The molecule has 4 nitrogen and oxygen atoms in total. The van der Waals surface area contributed by atoms with Crippen LogP contribution in [-0.2, 0) is 9.53 Å². The van der Waals surface area contributed by atoms with E-state index in [-0.39, 0.29) is 19.0 Å². The largest absolute Gasteiger partial charge is 0.494 e. The molecular weight excluding hydrogens is 273 g/mol. The Kier molecular flexibility index (Phi) is 8.11. The van der Waals surface area contributed by atoms with Crippen LogP contribution in [0.4, 0.5) is 4.39 Å². The van der Waals surface area contributed by atoms with Gasteiger partial charge in [-0.2, -0.15) is 0 Å². The number of ether oxygens (including phenoxy) is 2. The number of halogens is 2. The van der Waals surface area contributed by atoms with Gasteiger partial charge in [0.05, 0.1) is 19.3 Å². The molecule has 0 amide bonds. The Morgan fingerprint density at radius 1 is 1.32 bits per heavy atom. The van der Waals surface area contributed by atoms with Gasteiger partial charge in [-0.1, -0.05) is 18.2 Å². The van der Waals surface area contributed by atoms with Crippen LogP contribution in [0.5, 0.6) is 5.75 Å². The van der Waals surface area contributed by atoms with Gasteiger partial charge in [0.15, 0.2) is 0 Å². The van der Waals surface area contributed by atoms with Crippen LogP contribution in [-0.4, -0.2) is 25.4 Å². The van der Waals surface area contributed by atoms with Gasteiger partial charge in [0.2, 0.25) is 6.17 Å². The molecule has 108 valence electrons. The molecule has 0 saturated heterocycles. The minimum absolute atomic E-state index is 0. The average Bonchev–Trinajstić information content (AvgIpc) is 2.38. The molecule has 1 aromatic rings. The van der Waals surface area contributed by atoms with E-state index in [1.54, 1.807) is 31.2 Å². The van der Waals surface area contributed by atoms with Crippen LogP contribution in [0, 0.1) is 0 Å². The molecule has 0 heterocycles. The second-order valence-electron chi connectivity index (χ2n) is 3.65.